The summed E-state index contributed by atoms with van der Waals surface area (Å²) in [7, 11) is 0. The average molecular weight is 309 g/mol. The van der Waals surface area contributed by atoms with Gasteiger partial charge in [0.25, 0.3) is 5.91 Å². The third-order valence-corrected chi connectivity index (χ3v) is 2.39. The monoisotopic (exact) mass is 309 g/mol. The molecule has 20 heavy (non-hydrogen) atoms. The molecule has 0 bridgehead atoms. The van der Waals surface area contributed by atoms with Gasteiger partial charge in [-0.1, -0.05) is 0 Å². The molecule has 0 saturated heterocycles. The summed E-state index contributed by atoms with van der Waals surface area (Å²) in [6, 6.07) is 5.59. The number of hydrogen-bond donors (Lipinski definition) is 2. The third kappa shape index (κ3) is 5.21. The average Bonchev–Trinajstić information content (AvgIpc) is 2.28. The largest absolute Gasteiger partial charge is 0.416 e. The van der Waals surface area contributed by atoms with Crippen LogP contribution in [0.1, 0.15) is 12.5 Å². The van der Waals surface area contributed by atoms with E-state index in [1.54, 1.807) is 6.07 Å². The van der Waals surface area contributed by atoms with Crippen molar-refractivity contribution in [2.24, 2.45) is 0 Å². The summed E-state index contributed by atoms with van der Waals surface area (Å²) in [6.45, 7) is 1.47. The molecule has 8 heteroatoms. The van der Waals surface area contributed by atoms with E-state index >= 15 is 0 Å². The van der Waals surface area contributed by atoms with Crippen molar-refractivity contribution in [2.45, 2.75) is 13.1 Å². The number of anilines is 1. The Balaban J connectivity index is 0.00000361. The molecule has 0 aromatic heterocycles. The van der Waals surface area contributed by atoms with Gasteiger partial charge in [0, 0.05) is 40.1 Å². The minimum atomic E-state index is -4.43. The van der Waals surface area contributed by atoms with Gasteiger partial charge in [0.2, 0.25) is 0 Å². The number of benzene rings is 1. The first-order valence-corrected chi connectivity index (χ1v) is 5.49. The smallest absolute Gasteiger partial charge is 0.321 e. The van der Waals surface area contributed by atoms with Crippen molar-refractivity contribution in [1.29, 1.82) is 5.26 Å². The summed E-state index contributed by atoms with van der Waals surface area (Å²) >= 11 is 3.88. The minimum absolute atomic E-state index is 0. The number of rotatable bonds is 2. The van der Waals surface area contributed by atoms with Crippen LogP contribution in [0.2, 0.25) is 0 Å². The number of carbonyl (C=O) groups excluding carboxylic acids is 1. The van der Waals surface area contributed by atoms with Crippen LogP contribution in [0.3, 0.4) is 0 Å². The van der Waals surface area contributed by atoms with Gasteiger partial charge in [-0.2, -0.15) is 18.4 Å². The Morgan fingerprint density at radius 3 is 2.15 bits per heavy atom. The van der Waals surface area contributed by atoms with Crippen LogP contribution in [0.25, 0.3) is 0 Å². The molecule has 0 fully saturated rings. The third-order valence-electron chi connectivity index (χ3n) is 2.17. The molecule has 0 heterocycles. The maximum Gasteiger partial charge on any atom is 0.416 e. The van der Waals surface area contributed by atoms with E-state index in [9.17, 15) is 18.0 Å². The predicted octanol–water partition coefficient (Wildman–Crippen LogP) is 2.99. The molecule has 1 amide bonds. The standard InChI is InChI=1S/C12H9F3N2OS.Na/c1-7(19)10(6-16)11(18)17-9-4-2-8(3-5-9)12(13,14)15;/h2-5,19H,1H3,(H,17,18);/b10-7-;. The van der Waals surface area contributed by atoms with Crippen LogP contribution in [0.4, 0.5) is 18.9 Å². The number of nitrogens with one attached hydrogen (secondary N) is 1. The van der Waals surface area contributed by atoms with Crippen molar-refractivity contribution < 1.29 is 18.0 Å². The van der Waals surface area contributed by atoms with E-state index in [0.717, 1.165) is 24.3 Å². The summed E-state index contributed by atoms with van der Waals surface area (Å²) in [5.41, 5.74) is -0.838. The molecule has 0 unspecified atom stereocenters. The summed E-state index contributed by atoms with van der Waals surface area (Å²) in [6.07, 6.45) is -4.43. The fourth-order valence-electron chi connectivity index (χ4n) is 1.23. The normalized spacial score (nSPS) is 11.8. The number of alkyl halides is 3. The summed E-state index contributed by atoms with van der Waals surface area (Å²) in [5, 5.41) is 11.0. The van der Waals surface area contributed by atoms with Crippen molar-refractivity contribution in [1.82, 2.24) is 0 Å². The van der Waals surface area contributed by atoms with Crippen LogP contribution in [-0.4, -0.2) is 35.5 Å². The zero-order valence-electron chi connectivity index (χ0n) is 10.7. The van der Waals surface area contributed by atoms with E-state index in [2.05, 4.69) is 17.9 Å². The summed E-state index contributed by atoms with van der Waals surface area (Å²) < 4.78 is 37.0. The van der Waals surface area contributed by atoms with E-state index in [1.807, 2.05) is 0 Å². The van der Waals surface area contributed by atoms with Crippen LogP contribution < -0.4 is 5.32 Å². The number of amides is 1. The number of nitrogens with zero attached hydrogens (tertiary/aromatic N) is 1. The number of thiol groups is 1. The quantitative estimate of drug-likeness (QED) is 0.382. The molecule has 0 spiro atoms. The Morgan fingerprint density at radius 1 is 1.30 bits per heavy atom. The zero-order valence-corrected chi connectivity index (χ0v) is 13.6. The SMILES string of the molecule is C/C(S)=C(\C#N)C(=O)Nc1ccc(C(F)(F)F)cc1.[Na]. The van der Waals surface area contributed by atoms with E-state index < -0.39 is 17.6 Å². The molecule has 0 atom stereocenters. The van der Waals surface area contributed by atoms with Crippen LogP contribution in [0, 0.1) is 11.3 Å². The Kier molecular flexibility index (Phi) is 7.38. The summed E-state index contributed by atoms with van der Waals surface area (Å²) in [4.78, 5) is 11.8. The maximum absolute atomic E-state index is 12.3. The van der Waals surface area contributed by atoms with Crippen molar-refractivity contribution in [3.05, 3.63) is 40.3 Å². The first-order valence-electron chi connectivity index (χ1n) is 5.04. The molecular weight excluding hydrogens is 300 g/mol. The van der Waals surface area contributed by atoms with Gasteiger partial charge in [-0.05, 0) is 31.2 Å². The van der Waals surface area contributed by atoms with Crippen molar-refractivity contribution in [3.63, 3.8) is 0 Å². The first kappa shape index (κ1) is 19.1. The molecule has 1 aromatic carbocycles. The van der Waals surface area contributed by atoms with E-state index in [-0.39, 0.29) is 45.7 Å². The second kappa shape index (κ2) is 7.74. The van der Waals surface area contributed by atoms with Crippen molar-refractivity contribution >= 4 is 53.8 Å². The van der Waals surface area contributed by atoms with Gasteiger partial charge in [-0.3, -0.25) is 4.79 Å². The van der Waals surface area contributed by atoms with Gasteiger partial charge in [-0.25, -0.2) is 0 Å². The Labute approximate surface area is 141 Å². The number of allylic oxidation sites excluding steroid dienone is 1. The minimum Gasteiger partial charge on any atom is -0.321 e. The van der Waals surface area contributed by atoms with Crippen molar-refractivity contribution in [3.8, 4) is 6.07 Å². The second-order valence-electron chi connectivity index (χ2n) is 3.60. The number of halogens is 3. The first-order chi connectivity index (χ1) is 8.75. The van der Waals surface area contributed by atoms with Gasteiger partial charge >= 0.3 is 6.18 Å². The topological polar surface area (TPSA) is 52.9 Å². The van der Waals surface area contributed by atoms with Crippen molar-refractivity contribution in [2.75, 3.05) is 5.32 Å². The second-order valence-corrected chi connectivity index (χ2v) is 4.27. The molecule has 101 valence electrons. The predicted molar refractivity (Wildman–Crippen MR) is 73.1 cm³/mol. The Bertz CT molecular complexity index is 558. The van der Waals surface area contributed by atoms with Crippen LogP contribution in [0.5, 0.6) is 0 Å². The number of nitriles is 1. The Morgan fingerprint density at radius 2 is 1.80 bits per heavy atom. The molecule has 0 aliphatic rings. The van der Waals surface area contributed by atoms with Crippen LogP contribution >= 0.6 is 12.6 Å². The van der Waals surface area contributed by atoms with Crippen LogP contribution in [0.15, 0.2) is 34.7 Å². The molecule has 1 radical (unpaired) electrons. The van der Waals surface area contributed by atoms with E-state index in [4.69, 9.17) is 5.26 Å². The molecule has 1 aromatic rings. The number of hydrogen-bond acceptors (Lipinski definition) is 3. The van der Waals surface area contributed by atoms with Gasteiger partial charge in [0.15, 0.2) is 0 Å². The number of carbonyl (C=O) groups is 1. The maximum atomic E-state index is 12.3. The van der Waals surface area contributed by atoms with Crippen LogP contribution in [-0.2, 0) is 11.0 Å². The molecule has 3 nitrogen and oxygen atoms in total. The molecule has 0 aliphatic heterocycles. The van der Waals surface area contributed by atoms with Gasteiger partial charge in [-0.15, -0.1) is 12.6 Å². The molecule has 0 aliphatic carbocycles. The van der Waals surface area contributed by atoms with E-state index in [1.165, 1.54) is 6.92 Å². The fourth-order valence-corrected chi connectivity index (χ4v) is 1.38. The van der Waals surface area contributed by atoms with Gasteiger partial charge in [0.1, 0.15) is 11.6 Å². The summed E-state index contributed by atoms with van der Waals surface area (Å²) in [5.74, 6) is -0.713. The fraction of sp³-hybridized carbons (Fsp3) is 0.167. The molecule has 1 rings (SSSR count). The Hall–Kier alpha value is -0.940. The molecule has 0 saturated carbocycles. The molecule has 1 N–H and O–H groups in total. The van der Waals surface area contributed by atoms with E-state index in [0.29, 0.717) is 0 Å². The zero-order chi connectivity index (χ0) is 14.6. The molecular formula is C12H9F3N2NaOS. The van der Waals surface area contributed by atoms with Gasteiger partial charge in [0.05, 0.1) is 5.56 Å². The van der Waals surface area contributed by atoms with Gasteiger partial charge < -0.3 is 5.32 Å².